The second-order valence-electron chi connectivity index (χ2n) is 8.28. The zero-order chi connectivity index (χ0) is 20.5. The summed E-state index contributed by atoms with van der Waals surface area (Å²) >= 11 is 0. The van der Waals surface area contributed by atoms with Crippen LogP contribution in [-0.4, -0.2) is 46.8 Å². The molecule has 2 aliphatic heterocycles. The molecule has 2 aromatic rings. The number of likely N-dealkylation sites (tertiary alicyclic amines) is 2. The average molecular weight is 394 g/mol. The number of carbonyl (C=O) groups is 2. The van der Waals surface area contributed by atoms with Crippen molar-refractivity contribution >= 4 is 11.8 Å². The summed E-state index contributed by atoms with van der Waals surface area (Å²) in [4.78, 5) is 29.4. The highest BCUT2D eigenvalue weighted by atomic mass is 19.1. The fraction of sp³-hybridized carbons (Fsp3) is 0.417. The maximum Gasteiger partial charge on any atom is 0.227 e. The van der Waals surface area contributed by atoms with Gasteiger partial charge in [0.15, 0.2) is 0 Å². The summed E-state index contributed by atoms with van der Waals surface area (Å²) in [5.41, 5.74) is 3.16. The zero-order valence-electron chi connectivity index (χ0n) is 17.0. The number of nitrogens with zero attached hydrogens (tertiary/aromatic N) is 2. The third kappa shape index (κ3) is 3.91. The second-order valence-corrected chi connectivity index (χ2v) is 8.28. The SMILES string of the molecule is CC(=O)N1CCC[C@@H]2[C@H]1[C@@H](c1ccc(F)cc1)CN2C(=O)Cc1ccc(C)cc1. The molecule has 0 saturated carbocycles. The fourth-order valence-corrected chi connectivity index (χ4v) is 4.93. The van der Waals surface area contributed by atoms with Gasteiger partial charge in [0.2, 0.25) is 11.8 Å². The minimum absolute atomic E-state index is 0.00627. The van der Waals surface area contributed by atoms with Crippen molar-refractivity contribution in [3.05, 3.63) is 71.0 Å². The maximum atomic E-state index is 13.5. The lowest BCUT2D eigenvalue weighted by Crippen LogP contribution is -2.53. The molecule has 29 heavy (non-hydrogen) atoms. The number of fused-ring (bicyclic) bond motifs is 1. The van der Waals surface area contributed by atoms with E-state index in [9.17, 15) is 14.0 Å². The van der Waals surface area contributed by atoms with Crippen LogP contribution >= 0.6 is 0 Å². The summed E-state index contributed by atoms with van der Waals surface area (Å²) in [5.74, 6) is -0.132. The molecule has 4 nitrogen and oxygen atoms in total. The van der Waals surface area contributed by atoms with Crippen LogP contribution in [0.15, 0.2) is 48.5 Å². The Morgan fingerprint density at radius 1 is 1.03 bits per heavy atom. The molecule has 152 valence electrons. The number of aryl methyl sites for hydroxylation is 1. The van der Waals surface area contributed by atoms with Gasteiger partial charge < -0.3 is 9.80 Å². The lowest BCUT2D eigenvalue weighted by Gasteiger charge is -2.41. The average Bonchev–Trinajstić information content (AvgIpc) is 3.10. The van der Waals surface area contributed by atoms with E-state index in [-0.39, 0.29) is 35.6 Å². The second kappa shape index (κ2) is 7.97. The summed E-state index contributed by atoms with van der Waals surface area (Å²) < 4.78 is 13.5. The Kier molecular flexibility index (Phi) is 5.39. The first kappa shape index (κ1) is 19.6. The van der Waals surface area contributed by atoms with E-state index in [1.54, 1.807) is 19.1 Å². The van der Waals surface area contributed by atoms with Gasteiger partial charge in [-0.1, -0.05) is 42.0 Å². The van der Waals surface area contributed by atoms with Gasteiger partial charge >= 0.3 is 0 Å². The van der Waals surface area contributed by atoms with Crippen LogP contribution in [-0.2, 0) is 16.0 Å². The molecule has 5 heteroatoms. The van der Waals surface area contributed by atoms with Gasteiger partial charge in [0.05, 0.1) is 18.5 Å². The first-order valence-corrected chi connectivity index (χ1v) is 10.3. The largest absolute Gasteiger partial charge is 0.337 e. The quantitative estimate of drug-likeness (QED) is 0.797. The first-order chi connectivity index (χ1) is 13.9. The zero-order valence-corrected chi connectivity index (χ0v) is 17.0. The molecule has 2 aliphatic rings. The lowest BCUT2D eigenvalue weighted by atomic mass is 9.86. The number of halogens is 1. The van der Waals surface area contributed by atoms with Crippen molar-refractivity contribution in [3.8, 4) is 0 Å². The van der Waals surface area contributed by atoms with Gasteiger partial charge in [0, 0.05) is 25.9 Å². The van der Waals surface area contributed by atoms with Gasteiger partial charge in [-0.15, -0.1) is 0 Å². The molecule has 0 aromatic heterocycles. The van der Waals surface area contributed by atoms with Crippen LogP contribution in [0, 0.1) is 12.7 Å². The first-order valence-electron chi connectivity index (χ1n) is 10.3. The maximum absolute atomic E-state index is 13.5. The molecule has 2 fully saturated rings. The molecule has 0 aliphatic carbocycles. The van der Waals surface area contributed by atoms with Gasteiger partial charge in [-0.05, 0) is 43.0 Å². The van der Waals surface area contributed by atoms with Gasteiger partial charge in [0.1, 0.15) is 5.82 Å². The van der Waals surface area contributed by atoms with E-state index >= 15 is 0 Å². The van der Waals surface area contributed by atoms with Crippen molar-refractivity contribution in [3.63, 3.8) is 0 Å². The standard InChI is InChI=1S/C24H27FN2O2/c1-16-5-7-18(8-6-16)14-23(29)27-15-21(19-9-11-20(25)12-10-19)24-22(27)4-3-13-26(24)17(2)28/h5-12,21-22,24H,3-4,13-15H2,1-2H3/t21-,22-,24-/m1/s1. The van der Waals surface area contributed by atoms with Crippen molar-refractivity contribution in [2.75, 3.05) is 13.1 Å². The third-order valence-corrected chi connectivity index (χ3v) is 6.36. The molecule has 0 radical (unpaired) electrons. The van der Waals surface area contributed by atoms with Crippen LogP contribution < -0.4 is 0 Å². The van der Waals surface area contributed by atoms with E-state index in [0.29, 0.717) is 19.5 Å². The van der Waals surface area contributed by atoms with Gasteiger partial charge in [-0.25, -0.2) is 4.39 Å². The number of carbonyl (C=O) groups excluding carboxylic acids is 2. The molecule has 0 unspecified atom stereocenters. The molecule has 2 heterocycles. The highest BCUT2D eigenvalue weighted by Gasteiger charge is 2.49. The molecular formula is C24H27FN2O2. The Labute approximate surface area is 171 Å². The Hall–Kier alpha value is -2.69. The van der Waals surface area contributed by atoms with Crippen LogP contribution in [0.4, 0.5) is 4.39 Å². The fourth-order valence-electron chi connectivity index (χ4n) is 4.93. The smallest absolute Gasteiger partial charge is 0.227 e. The number of amides is 2. The van der Waals surface area contributed by atoms with Crippen molar-refractivity contribution in [1.82, 2.24) is 9.80 Å². The molecule has 3 atom stereocenters. The van der Waals surface area contributed by atoms with E-state index in [1.165, 1.54) is 17.7 Å². The normalized spacial score (nSPS) is 23.8. The number of rotatable bonds is 3. The number of benzene rings is 2. The summed E-state index contributed by atoms with van der Waals surface area (Å²) in [6, 6.07) is 14.5. The van der Waals surface area contributed by atoms with Crippen LogP contribution in [0.3, 0.4) is 0 Å². The molecule has 2 aromatic carbocycles. The Morgan fingerprint density at radius 2 is 1.72 bits per heavy atom. The topological polar surface area (TPSA) is 40.6 Å². The van der Waals surface area contributed by atoms with Crippen molar-refractivity contribution in [1.29, 1.82) is 0 Å². The predicted octanol–water partition coefficient (Wildman–Crippen LogP) is 3.68. The molecule has 0 N–H and O–H groups in total. The molecular weight excluding hydrogens is 367 g/mol. The van der Waals surface area contributed by atoms with Crippen LogP contribution in [0.1, 0.15) is 42.4 Å². The van der Waals surface area contributed by atoms with E-state index in [1.807, 2.05) is 41.0 Å². The van der Waals surface area contributed by atoms with Gasteiger partial charge in [0.25, 0.3) is 0 Å². The molecule has 2 amide bonds. The monoisotopic (exact) mass is 394 g/mol. The van der Waals surface area contributed by atoms with Crippen LogP contribution in [0.5, 0.6) is 0 Å². The Morgan fingerprint density at radius 3 is 2.38 bits per heavy atom. The minimum Gasteiger partial charge on any atom is -0.337 e. The van der Waals surface area contributed by atoms with Crippen molar-refractivity contribution < 1.29 is 14.0 Å². The van der Waals surface area contributed by atoms with E-state index in [0.717, 1.165) is 24.0 Å². The minimum atomic E-state index is -0.275. The van der Waals surface area contributed by atoms with Gasteiger partial charge in [-0.2, -0.15) is 0 Å². The Balaban J connectivity index is 1.62. The highest BCUT2D eigenvalue weighted by Crippen LogP contribution is 2.40. The third-order valence-electron chi connectivity index (χ3n) is 6.36. The Bertz CT molecular complexity index is 894. The van der Waals surface area contributed by atoms with E-state index in [2.05, 4.69) is 0 Å². The van der Waals surface area contributed by atoms with Crippen molar-refractivity contribution in [2.45, 2.75) is 51.1 Å². The summed E-state index contributed by atoms with van der Waals surface area (Å²) in [7, 11) is 0. The summed E-state index contributed by atoms with van der Waals surface area (Å²) in [6.07, 6.45) is 2.15. The van der Waals surface area contributed by atoms with Crippen LogP contribution in [0.25, 0.3) is 0 Å². The highest BCUT2D eigenvalue weighted by molar-refractivity contribution is 5.80. The van der Waals surface area contributed by atoms with Crippen LogP contribution in [0.2, 0.25) is 0 Å². The predicted molar refractivity (Wildman–Crippen MR) is 110 cm³/mol. The molecule has 0 bridgehead atoms. The van der Waals surface area contributed by atoms with E-state index in [4.69, 9.17) is 0 Å². The molecule has 4 rings (SSSR count). The van der Waals surface area contributed by atoms with Gasteiger partial charge in [-0.3, -0.25) is 9.59 Å². The summed E-state index contributed by atoms with van der Waals surface area (Å²) in [5, 5.41) is 0. The lowest BCUT2D eigenvalue weighted by molar-refractivity contribution is -0.137. The number of piperidine rings is 1. The van der Waals surface area contributed by atoms with E-state index < -0.39 is 0 Å². The molecule has 0 spiro atoms. The number of hydrogen-bond acceptors (Lipinski definition) is 2. The molecule has 2 saturated heterocycles. The summed E-state index contributed by atoms with van der Waals surface area (Å²) in [6.45, 7) is 4.91. The number of hydrogen-bond donors (Lipinski definition) is 0. The van der Waals surface area contributed by atoms with Crippen molar-refractivity contribution in [2.24, 2.45) is 0 Å².